The van der Waals surface area contributed by atoms with E-state index in [9.17, 15) is 4.39 Å². The van der Waals surface area contributed by atoms with Gasteiger partial charge in [0.25, 0.3) is 5.78 Å². The second-order valence-electron chi connectivity index (χ2n) is 10.5. The summed E-state index contributed by atoms with van der Waals surface area (Å²) in [6, 6.07) is 9.12. The molecule has 1 saturated carbocycles. The molecule has 1 aliphatic carbocycles. The van der Waals surface area contributed by atoms with Gasteiger partial charge in [-0.1, -0.05) is 26.0 Å². The van der Waals surface area contributed by atoms with E-state index >= 15 is 4.39 Å². The molecule has 34 heavy (non-hydrogen) atoms. The predicted molar refractivity (Wildman–Crippen MR) is 130 cm³/mol. The van der Waals surface area contributed by atoms with Crippen molar-refractivity contribution < 1.29 is 8.78 Å². The molecule has 2 aromatic heterocycles. The fourth-order valence-corrected chi connectivity index (χ4v) is 5.67. The van der Waals surface area contributed by atoms with Crippen molar-refractivity contribution in [1.29, 1.82) is 0 Å². The Kier molecular flexibility index (Phi) is 4.87. The Morgan fingerprint density at radius 2 is 1.91 bits per heavy atom. The molecule has 2 aliphatic rings. The van der Waals surface area contributed by atoms with Gasteiger partial charge in [-0.25, -0.2) is 8.78 Å². The molecule has 0 atom stereocenters. The molecule has 0 amide bonds. The first-order valence-corrected chi connectivity index (χ1v) is 12.2. The summed E-state index contributed by atoms with van der Waals surface area (Å²) in [5.74, 6) is 0.460. The van der Waals surface area contributed by atoms with Crippen molar-refractivity contribution in [2.45, 2.75) is 59.3 Å². The summed E-state index contributed by atoms with van der Waals surface area (Å²) in [6.45, 7) is 7.24. The van der Waals surface area contributed by atoms with Crippen molar-refractivity contribution in [3.05, 3.63) is 58.9 Å². The molecular weight excluding hydrogens is 432 g/mol. The van der Waals surface area contributed by atoms with Gasteiger partial charge in [0, 0.05) is 12.2 Å². The largest absolute Gasteiger partial charge is 0.325 e. The number of hydrogen-bond acceptors (Lipinski definition) is 4. The zero-order chi connectivity index (χ0) is 23.6. The van der Waals surface area contributed by atoms with E-state index in [1.54, 1.807) is 17.4 Å². The maximum absolute atomic E-state index is 15.3. The Labute approximate surface area is 197 Å². The van der Waals surface area contributed by atoms with Gasteiger partial charge in [0.05, 0.1) is 10.9 Å². The highest BCUT2D eigenvalue weighted by Crippen LogP contribution is 2.48. The van der Waals surface area contributed by atoms with Crippen LogP contribution in [0.15, 0.2) is 30.3 Å². The summed E-state index contributed by atoms with van der Waals surface area (Å²) in [4.78, 5) is 6.75. The van der Waals surface area contributed by atoms with E-state index in [0.29, 0.717) is 34.9 Å². The number of fused-ring (bicyclic) bond motifs is 4. The van der Waals surface area contributed by atoms with Gasteiger partial charge in [-0.15, -0.1) is 10.2 Å². The molecule has 1 aliphatic heterocycles. The lowest BCUT2D eigenvalue weighted by atomic mass is 9.80. The first-order chi connectivity index (χ1) is 16.3. The van der Waals surface area contributed by atoms with Gasteiger partial charge in [0.15, 0.2) is 11.6 Å². The highest BCUT2D eigenvalue weighted by atomic mass is 19.2. The molecule has 0 spiro atoms. The topological polar surface area (TPSA) is 46.3 Å². The summed E-state index contributed by atoms with van der Waals surface area (Å²) in [7, 11) is 0. The van der Waals surface area contributed by atoms with Crippen molar-refractivity contribution in [3.8, 4) is 0 Å². The fourth-order valence-electron chi connectivity index (χ4n) is 5.67. The maximum atomic E-state index is 15.3. The van der Waals surface area contributed by atoms with E-state index in [1.807, 2.05) is 4.90 Å². The van der Waals surface area contributed by atoms with Crippen molar-refractivity contribution in [3.63, 3.8) is 0 Å². The molecule has 0 unspecified atom stereocenters. The van der Waals surface area contributed by atoms with Gasteiger partial charge in [0.2, 0.25) is 0 Å². The third-order valence-corrected chi connectivity index (χ3v) is 7.88. The zero-order valence-electron chi connectivity index (χ0n) is 19.9. The first kappa shape index (κ1) is 21.4. The smallest absolute Gasteiger partial charge is 0.257 e. The lowest BCUT2D eigenvalue weighted by molar-refractivity contribution is 0.283. The van der Waals surface area contributed by atoms with Crippen LogP contribution in [0.1, 0.15) is 56.5 Å². The van der Waals surface area contributed by atoms with E-state index in [2.05, 4.69) is 42.2 Å². The molecule has 2 aromatic carbocycles. The van der Waals surface area contributed by atoms with E-state index in [1.165, 1.54) is 24.0 Å². The van der Waals surface area contributed by atoms with E-state index in [4.69, 9.17) is 4.98 Å². The molecule has 0 radical (unpaired) electrons. The van der Waals surface area contributed by atoms with Crippen LogP contribution in [0.25, 0.3) is 16.7 Å². The highest BCUT2D eigenvalue weighted by molar-refractivity contribution is 5.94. The number of benzene rings is 2. The number of aromatic nitrogens is 4. The van der Waals surface area contributed by atoms with Gasteiger partial charge in [-0.2, -0.15) is 4.98 Å². The van der Waals surface area contributed by atoms with E-state index < -0.39 is 11.6 Å². The van der Waals surface area contributed by atoms with E-state index in [-0.39, 0.29) is 5.39 Å². The van der Waals surface area contributed by atoms with Gasteiger partial charge >= 0.3 is 0 Å². The number of nitrogens with zero attached hydrogens (tertiary/aromatic N) is 5. The quantitative estimate of drug-likeness (QED) is 0.349. The number of aryl methyl sites for hydroxylation is 2. The lowest BCUT2D eigenvalue weighted by Gasteiger charge is -2.33. The van der Waals surface area contributed by atoms with Crippen LogP contribution in [0.2, 0.25) is 0 Å². The Morgan fingerprint density at radius 1 is 1.09 bits per heavy atom. The average Bonchev–Trinajstić information content (AvgIpc) is 3.63. The second-order valence-corrected chi connectivity index (χ2v) is 10.5. The maximum Gasteiger partial charge on any atom is 0.257 e. The van der Waals surface area contributed by atoms with Crippen LogP contribution >= 0.6 is 0 Å². The van der Waals surface area contributed by atoms with Crippen molar-refractivity contribution in [2.75, 3.05) is 11.4 Å². The van der Waals surface area contributed by atoms with Crippen LogP contribution in [0.5, 0.6) is 0 Å². The molecule has 7 heteroatoms. The standard InChI is InChI=1S/C27H29F2N5/c1-16-31-32-26-30-25(23-22(34(16)26)12-11-20(28)24(23)29)33-15-5-7-19-17(6-4-8-21(19)33)13-14-27(2,3)18-9-10-18/h4,6,8,11-12,18H,5,7,9-10,13-15H2,1-3H3. The third kappa shape index (κ3) is 3.36. The normalized spacial score (nSPS) is 16.4. The van der Waals surface area contributed by atoms with Gasteiger partial charge in [0.1, 0.15) is 11.6 Å². The predicted octanol–water partition coefficient (Wildman–Crippen LogP) is 6.32. The fraction of sp³-hybridized carbons (Fsp3) is 0.444. The first-order valence-electron chi connectivity index (χ1n) is 12.2. The molecule has 6 rings (SSSR count). The molecular formula is C27H29F2N5. The van der Waals surface area contributed by atoms with Gasteiger partial charge < -0.3 is 4.90 Å². The molecule has 176 valence electrons. The van der Waals surface area contributed by atoms with Crippen LogP contribution in [0, 0.1) is 29.9 Å². The van der Waals surface area contributed by atoms with Crippen molar-refractivity contribution in [2.24, 2.45) is 11.3 Å². The average molecular weight is 462 g/mol. The summed E-state index contributed by atoms with van der Waals surface area (Å²) < 4.78 is 31.4. The minimum absolute atomic E-state index is 0.170. The summed E-state index contributed by atoms with van der Waals surface area (Å²) in [6.07, 6.45) is 6.78. The molecule has 1 fully saturated rings. The van der Waals surface area contributed by atoms with Crippen molar-refractivity contribution >= 4 is 28.2 Å². The van der Waals surface area contributed by atoms with Crippen LogP contribution in [-0.4, -0.2) is 26.1 Å². The number of hydrogen-bond donors (Lipinski definition) is 0. The Morgan fingerprint density at radius 3 is 2.71 bits per heavy atom. The number of rotatable bonds is 5. The van der Waals surface area contributed by atoms with Gasteiger partial charge in [-0.3, -0.25) is 4.40 Å². The highest BCUT2D eigenvalue weighted by Gasteiger charge is 2.37. The summed E-state index contributed by atoms with van der Waals surface area (Å²) in [5, 5.41) is 8.48. The lowest BCUT2D eigenvalue weighted by Crippen LogP contribution is -2.27. The summed E-state index contributed by atoms with van der Waals surface area (Å²) in [5.41, 5.74) is 4.56. The summed E-state index contributed by atoms with van der Waals surface area (Å²) >= 11 is 0. The SMILES string of the molecule is Cc1nnc2nc(N3CCCc4c(CCC(C)(C)C5CC5)cccc43)c3c(F)c(F)ccc3n12. The molecule has 5 nitrogen and oxygen atoms in total. The van der Waals surface area contributed by atoms with Crippen LogP contribution in [-0.2, 0) is 12.8 Å². The molecule has 0 bridgehead atoms. The minimum atomic E-state index is -0.885. The van der Waals surface area contributed by atoms with Crippen LogP contribution in [0.4, 0.5) is 20.3 Å². The Hall–Kier alpha value is -3.09. The Bertz CT molecular complexity index is 1420. The van der Waals surface area contributed by atoms with Crippen molar-refractivity contribution in [1.82, 2.24) is 19.6 Å². The molecule has 4 aromatic rings. The molecule has 0 N–H and O–H groups in total. The number of halogens is 2. The molecule has 3 heterocycles. The van der Waals surface area contributed by atoms with Crippen LogP contribution < -0.4 is 4.90 Å². The second kappa shape index (κ2) is 7.72. The molecule has 0 saturated heterocycles. The monoisotopic (exact) mass is 461 g/mol. The minimum Gasteiger partial charge on any atom is -0.325 e. The third-order valence-electron chi connectivity index (χ3n) is 7.88. The van der Waals surface area contributed by atoms with Gasteiger partial charge in [-0.05, 0) is 86.1 Å². The van der Waals surface area contributed by atoms with E-state index in [0.717, 1.165) is 43.4 Å². The Balaban J connectivity index is 1.48. The zero-order valence-corrected chi connectivity index (χ0v) is 19.9. The number of anilines is 2. The van der Waals surface area contributed by atoms with Crippen LogP contribution in [0.3, 0.4) is 0 Å².